The van der Waals surface area contributed by atoms with Gasteiger partial charge < -0.3 is 5.32 Å². The summed E-state index contributed by atoms with van der Waals surface area (Å²) in [6.45, 7) is 6.92. The summed E-state index contributed by atoms with van der Waals surface area (Å²) in [4.78, 5) is 0. The molecule has 1 aromatic rings. The van der Waals surface area contributed by atoms with Gasteiger partial charge in [-0.2, -0.15) is 0 Å². The molecule has 1 aromatic carbocycles. The number of benzene rings is 1. The van der Waals surface area contributed by atoms with Gasteiger partial charge in [0.05, 0.1) is 0 Å². The number of rotatable bonds is 7. The molecule has 1 heteroatoms. The quantitative estimate of drug-likeness (QED) is 0.714. The molecule has 1 unspecified atom stereocenters. The second-order valence-electron chi connectivity index (χ2n) is 6.57. The Bertz CT molecular complexity index is 375. The SMILES string of the molecule is CCCCc1ccc(C(C)N[C@@H](C)C2CCCC2)cc1. The molecule has 2 rings (SSSR count). The first-order valence-electron chi connectivity index (χ1n) is 8.55. The summed E-state index contributed by atoms with van der Waals surface area (Å²) in [5.41, 5.74) is 2.90. The maximum Gasteiger partial charge on any atom is 0.0294 e. The molecular formula is C19H31N. The fourth-order valence-electron chi connectivity index (χ4n) is 3.44. The highest BCUT2D eigenvalue weighted by atomic mass is 14.9. The van der Waals surface area contributed by atoms with Crippen molar-refractivity contribution < 1.29 is 0 Å². The minimum Gasteiger partial charge on any atom is -0.307 e. The summed E-state index contributed by atoms with van der Waals surface area (Å²) in [5.74, 6) is 0.890. The maximum atomic E-state index is 3.80. The molecule has 1 N–H and O–H groups in total. The molecule has 0 heterocycles. The predicted molar refractivity (Wildman–Crippen MR) is 88.0 cm³/mol. The highest BCUT2D eigenvalue weighted by molar-refractivity contribution is 5.25. The zero-order valence-electron chi connectivity index (χ0n) is 13.5. The first kappa shape index (κ1) is 15.6. The van der Waals surface area contributed by atoms with Crippen LogP contribution in [0, 0.1) is 5.92 Å². The molecule has 1 nitrogen and oxygen atoms in total. The molecule has 1 aliphatic rings. The van der Waals surface area contributed by atoms with Crippen molar-refractivity contribution in [1.29, 1.82) is 0 Å². The average Bonchev–Trinajstić information content (AvgIpc) is 3.00. The Labute approximate surface area is 125 Å². The minimum atomic E-state index is 0.464. The summed E-state index contributed by atoms with van der Waals surface area (Å²) in [6.07, 6.45) is 9.48. The number of hydrogen-bond acceptors (Lipinski definition) is 1. The van der Waals surface area contributed by atoms with Crippen molar-refractivity contribution in [1.82, 2.24) is 5.32 Å². The number of aryl methyl sites for hydroxylation is 1. The molecule has 0 radical (unpaired) electrons. The summed E-state index contributed by atoms with van der Waals surface area (Å²) >= 11 is 0. The molecular weight excluding hydrogens is 242 g/mol. The number of nitrogens with one attached hydrogen (secondary N) is 1. The largest absolute Gasteiger partial charge is 0.307 e. The van der Waals surface area contributed by atoms with Gasteiger partial charge in [-0.25, -0.2) is 0 Å². The maximum absolute atomic E-state index is 3.80. The lowest BCUT2D eigenvalue weighted by atomic mass is 9.97. The number of unbranched alkanes of at least 4 members (excludes halogenated alkanes) is 1. The van der Waals surface area contributed by atoms with E-state index < -0.39 is 0 Å². The van der Waals surface area contributed by atoms with Gasteiger partial charge in [0.1, 0.15) is 0 Å². The Morgan fingerprint density at radius 2 is 1.75 bits per heavy atom. The molecule has 0 spiro atoms. The first-order chi connectivity index (χ1) is 9.70. The van der Waals surface area contributed by atoms with E-state index in [0.717, 1.165) is 5.92 Å². The Hall–Kier alpha value is -0.820. The van der Waals surface area contributed by atoms with Crippen LogP contribution in [0.5, 0.6) is 0 Å². The predicted octanol–water partition coefficient (Wildman–Crippen LogP) is 5.26. The van der Waals surface area contributed by atoms with Gasteiger partial charge in [-0.15, -0.1) is 0 Å². The van der Waals surface area contributed by atoms with Crippen LogP contribution < -0.4 is 5.32 Å². The third-order valence-electron chi connectivity index (χ3n) is 4.92. The lowest BCUT2D eigenvalue weighted by Gasteiger charge is -2.25. The van der Waals surface area contributed by atoms with Gasteiger partial charge >= 0.3 is 0 Å². The van der Waals surface area contributed by atoms with Crippen LogP contribution in [0.1, 0.15) is 76.5 Å². The molecule has 0 saturated heterocycles. The monoisotopic (exact) mass is 273 g/mol. The van der Waals surface area contributed by atoms with Crippen LogP contribution in [0.3, 0.4) is 0 Å². The third-order valence-corrected chi connectivity index (χ3v) is 4.92. The van der Waals surface area contributed by atoms with Gasteiger partial charge in [0.2, 0.25) is 0 Å². The van der Waals surface area contributed by atoms with Crippen molar-refractivity contribution >= 4 is 0 Å². The van der Waals surface area contributed by atoms with Gasteiger partial charge in [0.25, 0.3) is 0 Å². The standard InChI is InChI=1S/C19H31N/c1-4-5-8-17-11-13-19(14-12-17)16(3)20-15(2)18-9-6-7-10-18/h11-16,18,20H,4-10H2,1-3H3/t15-,16?/m0/s1. The van der Waals surface area contributed by atoms with Gasteiger partial charge in [0.15, 0.2) is 0 Å². The molecule has 0 aromatic heterocycles. The molecule has 20 heavy (non-hydrogen) atoms. The van der Waals surface area contributed by atoms with Crippen molar-refractivity contribution in [2.24, 2.45) is 5.92 Å². The van der Waals surface area contributed by atoms with Crippen molar-refractivity contribution in [2.75, 3.05) is 0 Å². The van der Waals surface area contributed by atoms with Crippen LogP contribution in [0.15, 0.2) is 24.3 Å². The summed E-state index contributed by atoms with van der Waals surface area (Å²) < 4.78 is 0. The van der Waals surface area contributed by atoms with Gasteiger partial charge in [0, 0.05) is 12.1 Å². The molecule has 1 aliphatic carbocycles. The van der Waals surface area contributed by atoms with Crippen LogP contribution in [0.2, 0.25) is 0 Å². The van der Waals surface area contributed by atoms with Crippen molar-refractivity contribution in [3.63, 3.8) is 0 Å². The fourth-order valence-corrected chi connectivity index (χ4v) is 3.44. The normalized spacial score (nSPS) is 19.1. The molecule has 1 saturated carbocycles. The topological polar surface area (TPSA) is 12.0 Å². The second-order valence-corrected chi connectivity index (χ2v) is 6.57. The highest BCUT2D eigenvalue weighted by Gasteiger charge is 2.22. The van der Waals surface area contributed by atoms with Gasteiger partial charge in [-0.3, -0.25) is 0 Å². The van der Waals surface area contributed by atoms with E-state index in [1.165, 1.54) is 56.1 Å². The van der Waals surface area contributed by atoms with Gasteiger partial charge in [-0.1, -0.05) is 50.5 Å². The smallest absolute Gasteiger partial charge is 0.0294 e. The van der Waals surface area contributed by atoms with Crippen molar-refractivity contribution in [3.05, 3.63) is 35.4 Å². The average molecular weight is 273 g/mol. The third kappa shape index (κ3) is 4.34. The summed E-state index contributed by atoms with van der Waals surface area (Å²) in [7, 11) is 0. The first-order valence-corrected chi connectivity index (χ1v) is 8.55. The summed E-state index contributed by atoms with van der Waals surface area (Å²) in [6, 6.07) is 10.3. The fraction of sp³-hybridized carbons (Fsp3) is 0.684. The molecule has 1 fully saturated rings. The van der Waals surface area contributed by atoms with E-state index in [0.29, 0.717) is 12.1 Å². The Kier molecular flexibility index (Phi) is 6.09. The Balaban J connectivity index is 1.86. The summed E-state index contributed by atoms with van der Waals surface area (Å²) in [5, 5.41) is 3.80. The highest BCUT2D eigenvalue weighted by Crippen LogP contribution is 2.28. The van der Waals surface area contributed by atoms with E-state index in [2.05, 4.69) is 50.4 Å². The minimum absolute atomic E-state index is 0.464. The van der Waals surface area contributed by atoms with Crippen molar-refractivity contribution in [3.8, 4) is 0 Å². The van der Waals surface area contributed by atoms with E-state index in [9.17, 15) is 0 Å². The van der Waals surface area contributed by atoms with Crippen LogP contribution in [-0.2, 0) is 6.42 Å². The van der Waals surface area contributed by atoms with Crippen LogP contribution in [0.4, 0.5) is 0 Å². The molecule has 0 bridgehead atoms. The van der Waals surface area contributed by atoms with E-state index >= 15 is 0 Å². The zero-order chi connectivity index (χ0) is 14.4. The van der Waals surface area contributed by atoms with E-state index in [1.807, 2.05) is 0 Å². The molecule has 0 aliphatic heterocycles. The number of hydrogen-bond donors (Lipinski definition) is 1. The molecule has 2 atom stereocenters. The van der Waals surface area contributed by atoms with Crippen LogP contribution in [-0.4, -0.2) is 6.04 Å². The van der Waals surface area contributed by atoms with Crippen LogP contribution in [0.25, 0.3) is 0 Å². The molecule has 112 valence electrons. The van der Waals surface area contributed by atoms with E-state index in [1.54, 1.807) is 0 Å². The van der Waals surface area contributed by atoms with E-state index in [4.69, 9.17) is 0 Å². The van der Waals surface area contributed by atoms with Crippen molar-refractivity contribution in [2.45, 2.75) is 77.8 Å². The van der Waals surface area contributed by atoms with Gasteiger partial charge in [-0.05, 0) is 56.6 Å². The zero-order valence-corrected chi connectivity index (χ0v) is 13.5. The lowest BCUT2D eigenvalue weighted by Crippen LogP contribution is -2.34. The Morgan fingerprint density at radius 1 is 1.10 bits per heavy atom. The lowest BCUT2D eigenvalue weighted by molar-refractivity contribution is 0.352. The Morgan fingerprint density at radius 3 is 2.35 bits per heavy atom. The molecule has 0 amide bonds. The van der Waals surface area contributed by atoms with Crippen LogP contribution >= 0.6 is 0 Å². The van der Waals surface area contributed by atoms with E-state index in [-0.39, 0.29) is 0 Å². The second kappa shape index (κ2) is 7.83.